The van der Waals surface area contributed by atoms with E-state index in [9.17, 15) is 0 Å². The minimum atomic E-state index is -1.92. The molecule has 0 saturated heterocycles. The number of fused-ring (bicyclic) bond motifs is 1. The van der Waals surface area contributed by atoms with E-state index < -0.39 is 22.4 Å². The van der Waals surface area contributed by atoms with Crippen molar-refractivity contribution >= 4 is 22.5 Å². The van der Waals surface area contributed by atoms with Gasteiger partial charge in [-0.2, -0.15) is 0 Å². The Morgan fingerprint density at radius 1 is 1.04 bits per heavy atom. The summed E-state index contributed by atoms with van der Waals surface area (Å²) < 4.78 is 18.2. The van der Waals surface area contributed by atoms with Crippen LogP contribution in [-0.4, -0.2) is 29.6 Å². The molecule has 1 atom stereocenters. The van der Waals surface area contributed by atoms with Crippen LogP contribution in [0, 0.1) is 0 Å². The number of hydrogen-bond donors (Lipinski definition) is 0. The molecule has 0 aliphatic carbocycles. The number of rotatable bonds is 5. The molecule has 0 N–H and O–H groups in total. The van der Waals surface area contributed by atoms with E-state index in [-0.39, 0.29) is 0 Å². The average molecular weight is 350 g/mol. The van der Waals surface area contributed by atoms with E-state index in [0.717, 1.165) is 11.1 Å². The lowest BCUT2D eigenvalue weighted by atomic mass is 9.99. The number of ether oxygens (including phenoxy) is 1. The average Bonchev–Trinajstić information content (AvgIpc) is 2.70. The molecule has 1 heterocycles. The summed E-state index contributed by atoms with van der Waals surface area (Å²) in [4.78, 5) is 4.85. The van der Waals surface area contributed by atoms with Crippen LogP contribution in [0.2, 0.25) is 39.3 Å². The van der Waals surface area contributed by atoms with Gasteiger partial charge in [0, 0.05) is 11.1 Å². The fraction of sp³-hybridized carbons (Fsp3) is 0.471. The standard InChI is InChI=1S/C17H27NO3Si2/c1-13(19-2)17(21-23(6,7)8)15-12-10-9-11-14(15)16(18-17)20-22(3,4)5/h9-12H,1H2,2-8H3. The molecule has 1 aliphatic rings. The van der Waals surface area contributed by atoms with Crippen molar-refractivity contribution in [2.75, 3.05) is 7.11 Å². The van der Waals surface area contributed by atoms with Crippen LogP contribution in [-0.2, 0) is 19.3 Å². The molecule has 0 radical (unpaired) electrons. The van der Waals surface area contributed by atoms with Gasteiger partial charge >= 0.3 is 0 Å². The molecule has 23 heavy (non-hydrogen) atoms. The number of methoxy groups -OCH3 is 1. The molecule has 126 valence electrons. The molecule has 1 unspecified atom stereocenters. The molecule has 0 saturated carbocycles. The number of nitrogens with zero attached hydrogens (tertiary/aromatic N) is 1. The summed E-state index contributed by atoms with van der Waals surface area (Å²) >= 11 is 0. The Morgan fingerprint density at radius 2 is 1.65 bits per heavy atom. The predicted octanol–water partition coefficient (Wildman–Crippen LogP) is 4.46. The van der Waals surface area contributed by atoms with Crippen LogP contribution in [0.5, 0.6) is 0 Å². The zero-order valence-corrected chi connectivity index (χ0v) is 17.2. The van der Waals surface area contributed by atoms with Crippen molar-refractivity contribution in [2.45, 2.75) is 45.0 Å². The van der Waals surface area contributed by atoms with Gasteiger partial charge in [-0.05, 0) is 45.3 Å². The number of benzene rings is 1. The van der Waals surface area contributed by atoms with Gasteiger partial charge in [-0.25, -0.2) is 4.99 Å². The maximum atomic E-state index is 6.47. The Bertz CT molecular complexity index is 644. The molecule has 0 fully saturated rings. The lowest BCUT2D eigenvalue weighted by molar-refractivity contribution is 0.0474. The molecule has 2 rings (SSSR count). The highest BCUT2D eigenvalue weighted by atomic mass is 28.4. The zero-order chi connectivity index (χ0) is 17.5. The van der Waals surface area contributed by atoms with Gasteiger partial charge in [-0.15, -0.1) is 0 Å². The molecule has 1 aliphatic heterocycles. The Labute approximate surface area is 141 Å². The van der Waals surface area contributed by atoms with E-state index in [1.165, 1.54) is 0 Å². The molecule has 1 aromatic rings. The highest BCUT2D eigenvalue weighted by Gasteiger charge is 2.48. The Morgan fingerprint density at radius 3 is 2.17 bits per heavy atom. The Balaban J connectivity index is 2.63. The topological polar surface area (TPSA) is 40.0 Å². The largest absolute Gasteiger partial charge is 0.531 e. The van der Waals surface area contributed by atoms with Gasteiger partial charge in [0.05, 0.1) is 7.11 Å². The summed E-state index contributed by atoms with van der Waals surface area (Å²) in [6.45, 7) is 16.9. The first-order valence-corrected chi connectivity index (χ1v) is 14.6. The quantitative estimate of drug-likeness (QED) is 0.582. The van der Waals surface area contributed by atoms with Crippen molar-refractivity contribution in [1.82, 2.24) is 0 Å². The molecule has 6 heteroatoms. The van der Waals surface area contributed by atoms with Gasteiger partial charge in [0.2, 0.25) is 19.9 Å². The molecule has 0 spiro atoms. The van der Waals surface area contributed by atoms with Gasteiger partial charge in [0.1, 0.15) is 5.76 Å². The molecule has 4 nitrogen and oxygen atoms in total. The molecular formula is C17H27NO3Si2. The van der Waals surface area contributed by atoms with E-state index >= 15 is 0 Å². The van der Waals surface area contributed by atoms with Crippen LogP contribution in [0.3, 0.4) is 0 Å². The third-order valence-corrected chi connectivity index (χ3v) is 4.98. The minimum Gasteiger partial charge on any atom is -0.531 e. The van der Waals surface area contributed by atoms with Gasteiger partial charge in [0.25, 0.3) is 0 Å². The Kier molecular flexibility index (Phi) is 4.63. The van der Waals surface area contributed by atoms with E-state index in [4.69, 9.17) is 18.6 Å². The second-order valence-electron chi connectivity index (χ2n) is 7.66. The normalized spacial score (nSPS) is 20.7. The van der Waals surface area contributed by atoms with Crippen LogP contribution >= 0.6 is 0 Å². The van der Waals surface area contributed by atoms with Gasteiger partial charge in [-0.1, -0.05) is 24.8 Å². The fourth-order valence-electron chi connectivity index (χ4n) is 2.53. The summed E-state index contributed by atoms with van der Waals surface area (Å²) in [5.41, 5.74) is 0.902. The number of hydrogen-bond acceptors (Lipinski definition) is 4. The third kappa shape index (κ3) is 3.76. The highest BCUT2D eigenvalue weighted by molar-refractivity contribution is 6.71. The van der Waals surface area contributed by atoms with E-state index in [2.05, 4.69) is 45.9 Å². The van der Waals surface area contributed by atoms with Crippen LogP contribution in [0.15, 0.2) is 41.6 Å². The van der Waals surface area contributed by atoms with Crippen molar-refractivity contribution in [1.29, 1.82) is 0 Å². The van der Waals surface area contributed by atoms with Gasteiger partial charge in [-0.3, -0.25) is 0 Å². The smallest absolute Gasteiger partial charge is 0.244 e. The SMILES string of the molecule is C=C(OC)C1(O[Si](C)(C)C)N=C(O[Si](C)(C)C)c2ccccc21. The maximum absolute atomic E-state index is 6.47. The zero-order valence-electron chi connectivity index (χ0n) is 15.2. The van der Waals surface area contributed by atoms with E-state index in [1.807, 2.05) is 24.3 Å². The second kappa shape index (κ2) is 5.92. The molecule has 1 aromatic carbocycles. The van der Waals surface area contributed by atoms with Crippen molar-refractivity contribution < 1.29 is 13.6 Å². The monoisotopic (exact) mass is 349 g/mol. The highest BCUT2D eigenvalue weighted by Crippen LogP contribution is 2.44. The van der Waals surface area contributed by atoms with E-state index in [0.29, 0.717) is 11.7 Å². The fourth-order valence-corrected chi connectivity index (χ4v) is 4.42. The van der Waals surface area contributed by atoms with Crippen molar-refractivity contribution in [3.05, 3.63) is 47.7 Å². The van der Waals surface area contributed by atoms with Crippen LogP contribution < -0.4 is 0 Å². The first-order chi connectivity index (χ1) is 10.5. The molecular weight excluding hydrogens is 322 g/mol. The van der Waals surface area contributed by atoms with E-state index in [1.54, 1.807) is 7.11 Å². The van der Waals surface area contributed by atoms with Crippen LogP contribution in [0.25, 0.3) is 0 Å². The van der Waals surface area contributed by atoms with Crippen molar-refractivity contribution in [3.8, 4) is 0 Å². The molecule has 0 amide bonds. The van der Waals surface area contributed by atoms with Gasteiger partial charge < -0.3 is 13.6 Å². The third-order valence-electron chi connectivity index (χ3n) is 3.26. The summed E-state index contributed by atoms with van der Waals surface area (Å²) in [5.74, 6) is 1.12. The molecule has 0 bridgehead atoms. The summed E-state index contributed by atoms with van der Waals surface area (Å²) in [6, 6.07) is 8.01. The number of aliphatic imine (C=N–C) groups is 1. The van der Waals surface area contributed by atoms with Crippen molar-refractivity contribution in [3.63, 3.8) is 0 Å². The maximum Gasteiger partial charge on any atom is 0.244 e. The summed E-state index contributed by atoms with van der Waals surface area (Å²) in [6.07, 6.45) is 0. The first kappa shape index (κ1) is 18.0. The lowest BCUT2D eigenvalue weighted by Gasteiger charge is -2.34. The summed E-state index contributed by atoms with van der Waals surface area (Å²) in [5, 5.41) is 0. The molecule has 0 aromatic heterocycles. The predicted molar refractivity (Wildman–Crippen MR) is 99.7 cm³/mol. The minimum absolute atomic E-state index is 0.488. The first-order valence-electron chi connectivity index (χ1n) is 7.81. The lowest BCUT2D eigenvalue weighted by Crippen LogP contribution is -2.40. The van der Waals surface area contributed by atoms with Crippen LogP contribution in [0.1, 0.15) is 11.1 Å². The van der Waals surface area contributed by atoms with Crippen LogP contribution in [0.4, 0.5) is 0 Å². The van der Waals surface area contributed by atoms with Gasteiger partial charge in [0.15, 0.2) is 8.32 Å². The second-order valence-corrected chi connectivity index (χ2v) is 16.5. The Hall–Kier alpha value is -1.38. The van der Waals surface area contributed by atoms with Crippen molar-refractivity contribution in [2.24, 2.45) is 4.99 Å². The summed E-state index contributed by atoms with van der Waals surface area (Å²) in [7, 11) is -2.12.